The third kappa shape index (κ3) is 4.05. The lowest BCUT2D eigenvalue weighted by atomic mass is 10.0. The number of aromatic nitrogens is 1. The molecule has 22 heavy (non-hydrogen) atoms. The fourth-order valence-corrected chi connectivity index (χ4v) is 2.01. The molecule has 6 heteroatoms. The number of carboxylic acids is 1. The van der Waals surface area contributed by atoms with Gasteiger partial charge < -0.3 is 15.2 Å². The van der Waals surface area contributed by atoms with Crippen LogP contribution in [-0.4, -0.2) is 34.8 Å². The molecule has 2 aromatic rings. The molecule has 0 aliphatic rings. The van der Waals surface area contributed by atoms with Crippen molar-refractivity contribution in [3.8, 4) is 0 Å². The number of aliphatic carboxylic acids is 1. The maximum Gasteiger partial charge on any atom is 0.408 e. The van der Waals surface area contributed by atoms with E-state index in [0.29, 0.717) is 0 Å². The number of carbonyl (C=O) groups is 2. The zero-order valence-corrected chi connectivity index (χ0v) is 11.9. The molecular weight excluding hydrogens is 284 g/mol. The summed E-state index contributed by atoms with van der Waals surface area (Å²) < 4.78 is 4.74. The number of benzene rings is 1. The number of amides is 1. The lowest BCUT2D eigenvalue weighted by Crippen LogP contribution is -2.42. The Morgan fingerprint density at radius 2 is 2.23 bits per heavy atom. The van der Waals surface area contributed by atoms with Crippen LogP contribution in [0.2, 0.25) is 0 Å². The van der Waals surface area contributed by atoms with Gasteiger partial charge in [0.1, 0.15) is 12.6 Å². The molecule has 0 radical (unpaired) electrons. The van der Waals surface area contributed by atoms with E-state index in [0.717, 1.165) is 16.5 Å². The van der Waals surface area contributed by atoms with Crippen molar-refractivity contribution in [2.75, 3.05) is 6.61 Å². The average Bonchev–Trinajstić information content (AvgIpc) is 2.52. The van der Waals surface area contributed by atoms with Gasteiger partial charge in [-0.25, -0.2) is 9.59 Å². The number of fused-ring (bicyclic) bond motifs is 1. The number of pyridine rings is 1. The molecule has 0 aliphatic carbocycles. The first-order valence-corrected chi connectivity index (χ1v) is 6.71. The molecule has 0 saturated carbocycles. The number of alkyl carbamates (subject to hydrolysis) is 1. The maximum atomic E-state index is 11.5. The number of carbonyl (C=O) groups excluding carboxylic acids is 1. The maximum absolute atomic E-state index is 11.5. The van der Waals surface area contributed by atoms with E-state index >= 15 is 0 Å². The highest BCUT2D eigenvalue weighted by atomic mass is 16.5. The predicted octanol–water partition coefficient (Wildman–Crippen LogP) is 2.14. The van der Waals surface area contributed by atoms with E-state index in [1.807, 2.05) is 24.3 Å². The van der Waals surface area contributed by atoms with Crippen molar-refractivity contribution in [1.82, 2.24) is 10.3 Å². The molecule has 0 unspecified atom stereocenters. The van der Waals surface area contributed by atoms with Crippen LogP contribution < -0.4 is 5.32 Å². The second kappa shape index (κ2) is 7.21. The monoisotopic (exact) mass is 300 g/mol. The SMILES string of the molecule is C=CCOC(=O)N[C@H](Cc1ccc2ncccc2c1)C(=O)O. The van der Waals surface area contributed by atoms with Gasteiger partial charge in [-0.05, 0) is 23.8 Å². The molecule has 1 aromatic carbocycles. The lowest BCUT2D eigenvalue weighted by molar-refractivity contribution is -0.139. The van der Waals surface area contributed by atoms with E-state index in [-0.39, 0.29) is 13.0 Å². The molecular formula is C16H16N2O4. The Bertz CT molecular complexity index is 699. The van der Waals surface area contributed by atoms with Crippen molar-refractivity contribution in [3.63, 3.8) is 0 Å². The van der Waals surface area contributed by atoms with Crippen LogP contribution in [0.25, 0.3) is 10.9 Å². The van der Waals surface area contributed by atoms with Crippen LogP contribution in [0.15, 0.2) is 49.2 Å². The highest BCUT2D eigenvalue weighted by molar-refractivity contribution is 5.81. The minimum absolute atomic E-state index is 0.0276. The predicted molar refractivity (Wildman–Crippen MR) is 81.6 cm³/mol. The Morgan fingerprint density at radius 1 is 1.41 bits per heavy atom. The van der Waals surface area contributed by atoms with Crippen LogP contribution >= 0.6 is 0 Å². The lowest BCUT2D eigenvalue weighted by Gasteiger charge is -2.14. The van der Waals surface area contributed by atoms with E-state index < -0.39 is 18.1 Å². The third-order valence-corrected chi connectivity index (χ3v) is 3.03. The summed E-state index contributed by atoms with van der Waals surface area (Å²) in [5.74, 6) is -1.12. The topological polar surface area (TPSA) is 88.5 Å². The van der Waals surface area contributed by atoms with E-state index in [9.17, 15) is 14.7 Å². The number of ether oxygens (including phenoxy) is 1. The van der Waals surface area contributed by atoms with Crippen LogP contribution in [0.1, 0.15) is 5.56 Å². The molecule has 1 aromatic heterocycles. The van der Waals surface area contributed by atoms with Crippen molar-refractivity contribution < 1.29 is 19.4 Å². The number of hydrogen-bond donors (Lipinski definition) is 2. The summed E-state index contributed by atoms with van der Waals surface area (Å²) >= 11 is 0. The van der Waals surface area contributed by atoms with Crippen molar-refractivity contribution >= 4 is 23.0 Å². The van der Waals surface area contributed by atoms with Crippen LogP contribution in [0.4, 0.5) is 4.79 Å². The molecule has 1 heterocycles. The molecule has 6 nitrogen and oxygen atoms in total. The molecule has 0 bridgehead atoms. The number of hydrogen-bond acceptors (Lipinski definition) is 4. The summed E-state index contributed by atoms with van der Waals surface area (Å²) in [6.45, 7) is 3.44. The van der Waals surface area contributed by atoms with Crippen LogP contribution in [0.3, 0.4) is 0 Å². The van der Waals surface area contributed by atoms with E-state index in [2.05, 4.69) is 16.9 Å². The second-order valence-corrected chi connectivity index (χ2v) is 4.66. The number of carboxylic acid groups (broad SMARTS) is 1. The fourth-order valence-electron chi connectivity index (χ4n) is 2.01. The standard InChI is InChI=1S/C16H16N2O4/c1-2-8-22-16(21)18-14(15(19)20)10-11-5-6-13-12(9-11)4-3-7-17-13/h2-7,9,14H,1,8,10H2,(H,18,21)(H,19,20)/t14-/m1/s1. The number of rotatable bonds is 6. The molecule has 0 aliphatic heterocycles. The first kappa shape index (κ1) is 15.5. The van der Waals surface area contributed by atoms with Gasteiger partial charge in [0.05, 0.1) is 5.52 Å². The normalized spacial score (nSPS) is 11.6. The molecule has 2 rings (SSSR count). The van der Waals surface area contributed by atoms with Gasteiger partial charge in [-0.15, -0.1) is 0 Å². The highest BCUT2D eigenvalue weighted by Gasteiger charge is 2.21. The van der Waals surface area contributed by atoms with Crippen LogP contribution in [0, 0.1) is 0 Å². The van der Waals surface area contributed by atoms with Gasteiger partial charge in [0.2, 0.25) is 0 Å². The summed E-state index contributed by atoms with van der Waals surface area (Å²) in [6.07, 6.45) is 2.48. The Labute approximate surface area is 127 Å². The minimum atomic E-state index is -1.12. The summed E-state index contributed by atoms with van der Waals surface area (Å²) in [7, 11) is 0. The molecule has 114 valence electrons. The largest absolute Gasteiger partial charge is 0.480 e. The first-order chi connectivity index (χ1) is 10.6. The van der Waals surface area contributed by atoms with Gasteiger partial charge in [-0.3, -0.25) is 4.98 Å². The highest BCUT2D eigenvalue weighted by Crippen LogP contribution is 2.14. The third-order valence-electron chi connectivity index (χ3n) is 3.03. The Hall–Kier alpha value is -2.89. The second-order valence-electron chi connectivity index (χ2n) is 4.66. The summed E-state index contributed by atoms with van der Waals surface area (Å²) in [6, 6.07) is 8.11. The van der Waals surface area contributed by atoms with E-state index in [1.165, 1.54) is 6.08 Å². The molecule has 1 amide bonds. The first-order valence-electron chi connectivity index (χ1n) is 6.71. The number of nitrogens with one attached hydrogen (secondary N) is 1. The molecule has 0 spiro atoms. The molecule has 0 saturated heterocycles. The zero-order valence-electron chi connectivity index (χ0n) is 11.9. The van der Waals surface area contributed by atoms with Crippen molar-refractivity contribution in [2.24, 2.45) is 0 Å². The Kier molecular flexibility index (Phi) is 5.08. The van der Waals surface area contributed by atoms with Crippen molar-refractivity contribution in [2.45, 2.75) is 12.5 Å². The van der Waals surface area contributed by atoms with Crippen molar-refractivity contribution in [3.05, 3.63) is 54.7 Å². The van der Waals surface area contributed by atoms with E-state index in [1.54, 1.807) is 12.3 Å². The number of nitrogens with zero attached hydrogens (tertiary/aromatic N) is 1. The van der Waals surface area contributed by atoms with Gasteiger partial charge in [0.25, 0.3) is 0 Å². The summed E-state index contributed by atoms with van der Waals surface area (Å²) in [5, 5.41) is 12.5. The summed E-state index contributed by atoms with van der Waals surface area (Å²) in [4.78, 5) is 26.9. The van der Waals surface area contributed by atoms with Crippen LogP contribution in [0.5, 0.6) is 0 Å². The molecule has 1 atom stereocenters. The fraction of sp³-hybridized carbons (Fsp3) is 0.188. The van der Waals surface area contributed by atoms with Crippen LogP contribution in [-0.2, 0) is 16.0 Å². The van der Waals surface area contributed by atoms with Gasteiger partial charge >= 0.3 is 12.1 Å². The molecule has 2 N–H and O–H groups in total. The Balaban J connectivity index is 2.10. The summed E-state index contributed by atoms with van der Waals surface area (Å²) in [5.41, 5.74) is 1.62. The van der Waals surface area contributed by atoms with E-state index in [4.69, 9.17) is 4.74 Å². The minimum Gasteiger partial charge on any atom is -0.480 e. The van der Waals surface area contributed by atoms with Gasteiger partial charge in [0, 0.05) is 18.0 Å². The quantitative estimate of drug-likeness (QED) is 0.798. The van der Waals surface area contributed by atoms with Crippen molar-refractivity contribution in [1.29, 1.82) is 0 Å². The van der Waals surface area contributed by atoms with Gasteiger partial charge in [-0.1, -0.05) is 24.8 Å². The zero-order chi connectivity index (χ0) is 15.9. The van der Waals surface area contributed by atoms with Gasteiger partial charge in [-0.2, -0.15) is 0 Å². The average molecular weight is 300 g/mol. The Morgan fingerprint density at radius 3 is 2.95 bits per heavy atom. The molecule has 0 fully saturated rings. The smallest absolute Gasteiger partial charge is 0.408 e. The van der Waals surface area contributed by atoms with Gasteiger partial charge in [0.15, 0.2) is 0 Å².